The first kappa shape index (κ1) is 18.5. The number of hydrogen-bond donors (Lipinski definition) is 3. The highest BCUT2D eigenvalue weighted by atomic mass is 16.3. The largest absolute Gasteiger partial charge is 0.396 e. The quantitative estimate of drug-likeness (QED) is 0.717. The van der Waals surface area contributed by atoms with Crippen LogP contribution >= 0.6 is 0 Å². The summed E-state index contributed by atoms with van der Waals surface area (Å²) in [7, 11) is 0. The molecule has 1 aliphatic rings. The summed E-state index contributed by atoms with van der Waals surface area (Å²) in [6.07, 6.45) is 5.64. The number of rotatable bonds is 7. The summed E-state index contributed by atoms with van der Waals surface area (Å²) in [5, 5.41) is 15.0. The molecule has 0 radical (unpaired) electrons. The molecule has 2 unspecified atom stereocenters. The van der Waals surface area contributed by atoms with Crippen LogP contribution in [-0.2, 0) is 9.59 Å². The molecule has 0 bridgehead atoms. The van der Waals surface area contributed by atoms with Gasteiger partial charge in [-0.3, -0.25) is 9.59 Å². The Balaban J connectivity index is 1.90. The number of aliphatic hydroxyl groups excluding tert-OH is 1. The van der Waals surface area contributed by atoms with Gasteiger partial charge in [0.2, 0.25) is 11.8 Å². The first-order valence-corrected chi connectivity index (χ1v) is 8.88. The predicted octanol–water partition coefficient (Wildman–Crippen LogP) is 2.31. The van der Waals surface area contributed by atoms with Crippen molar-refractivity contribution in [2.45, 2.75) is 57.5 Å². The van der Waals surface area contributed by atoms with Gasteiger partial charge in [-0.2, -0.15) is 0 Å². The number of carbonyl (C=O) groups is 2. The smallest absolute Gasteiger partial charge is 0.242 e. The van der Waals surface area contributed by atoms with Gasteiger partial charge in [0.25, 0.3) is 0 Å². The van der Waals surface area contributed by atoms with Gasteiger partial charge in [-0.1, -0.05) is 49.6 Å². The molecule has 1 saturated carbocycles. The number of aliphatic hydroxyl groups is 1. The Labute approximate surface area is 143 Å². The first-order chi connectivity index (χ1) is 11.6. The molecule has 3 N–H and O–H groups in total. The van der Waals surface area contributed by atoms with Crippen LogP contribution in [0, 0.1) is 5.92 Å². The minimum absolute atomic E-state index is 0.0113. The van der Waals surface area contributed by atoms with E-state index in [4.69, 9.17) is 0 Å². The molecule has 1 aromatic carbocycles. The molecule has 2 amide bonds. The highest BCUT2D eigenvalue weighted by Crippen LogP contribution is 2.23. The van der Waals surface area contributed by atoms with Gasteiger partial charge in [0.15, 0.2) is 0 Å². The Morgan fingerprint density at radius 3 is 2.42 bits per heavy atom. The van der Waals surface area contributed by atoms with Crippen molar-refractivity contribution in [1.29, 1.82) is 0 Å². The van der Waals surface area contributed by atoms with E-state index in [1.165, 1.54) is 6.42 Å². The normalized spacial score (nSPS) is 17.8. The summed E-state index contributed by atoms with van der Waals surface area (Å²) >= 11 is 0. The predicted molar refractivity (Wildman–Crippen MR) is 93.2 cm³/mol. The molecule has 0 spiro atoms. The summed E-state index contributed by atoms with van der Waals surface area (Å²) in [6, 6.07) is 8.73. The van der Waals surface area contributed by atoms with Crippen molar-refractivity contribution in [3.63, 3.8) is 0 Å². The van der Waals surface area contributed by atoms with E-state index in [2.05, 4.69) is 10.6 Å². The SMILES string of the molecule is CC(NC(=O)C1CCCCC1)C(=O)NC(CCO)c1ccccc1. The zero-order chi connectivity index (χ0) is 17.4. The summed E-state index contributed by atoms with van der Waals surface area (Å²) in [5.41, 5.74) is 0.950. The molecule has 0 aliphatic heterocycles. The summed E-state index contributed by atoms with van der Waals surface area (Å²) in [4.78, 5) is 24.7. The van der Waals surface area contributed by atoms with Crippen LogP contribution in [0.3, 0.4) is 0 Å². The van der Waals surface area contributed by atoms with Crippen molar-refractivity contribution in [3.05, 3.63) is 35.9 Å². The fourth-order valence-corrected chi connectivity index (χ4v) is 3.19. The highest BCUT2D eigenvalue weighted by Gasteiger charge is 2.25. The van der Waals surface area contributed by atoms with Crippen LogP contribution in [0.4, 0.5) is 0 Å². The second kappa shape index (κ2) is 9.42. The van der Waals surface area contributed by atoms with E-state index in [-0.39, 0.29) is 30.4 Å². The molecule has 24 heavy (non-hydrogen) atoms. The van der Waals surface area contributed by atoms with Crippen LogP contribution in [0.2, 0.25) is 0 Å². The van der Waals surface area contributed by atoms with Crippen molar-refractivity contribution >= 4 is 11.8 Å². The minimum Gasteiger partial charge on any atom is -0.396 e. The van der Waals surface area contributed by atoms with Crippen LogP contribution in [0.1, 0.15) is 57.1 Å². The zero-order valence-electron chi connectivity index (χ0n) is 14.3. The molecule has 1 aliphatic carbocycles. The van der Waals surface area contributed by atoms with E-state index < -0.39 is 6.04 Å². The average Bonchev–Trinajstić information content (AvgIpc) is 2.62. The molecule has 0 heterocycles. The molecule has 132 valence electrons. The number of nitrogens with one attached hydrogen (secondary N) is 2. The molecular weight excluding hydrogens is 304 g/mol. The molecule has 2 atom stereocenters. The number of hydrogen-bond acceptors (Lipinski definition) is 3. The van der Waals surface area contributed by atoms with E-state index in [9.17, 15) is 14.7 Å². The second-order valence-electron chi connectivity index (χ2n) is 6.55. The maximum Gasteiger partial charge on any atom is 0.242 e. The lowest BCUT2D eigenvalue weighted by Gasteiger charge is -2.24. The van der Waals surface area contributed by atoms with Crippen molar-refractivity contribution in [1.82, 2.24) is 10.6 Å². The van der Waals surface area contributed by atoms with Crippen LogP contribution in [-0.4, -0.2) is 29.6 Å². The zero-order valence-corrected chi connectivity index (χ0v) is 14.3. The standard InChI is InChI=1S/C19H28N2O3/c1-14(20-19(24)16-10-6-3-7-11-16)18(23)21-17(12-13-22)15-8-4-2-5-9-15/h2,4-5,8-9,14,16-17,22H,3,6-7,10-13H2,1H3,(H,20,24)(H,21,23). The molecular formula is C19H28N2O3. The van der Waals surface area contributed by atoms with Gasteiger partial charge in [-0.25, -0.2) is 0 Å². The van der Waals surface area contributed by atoms with E-state index in [1.54, 1.807) is 6.92 Å². The summed E-state index contributed by atoms with van der Waals surface area (Å²) in [6.45, 7) is 1.69. The topological polar surface area (TPSA) is 78.4 Å². The molecule has 0 saturated heterocycles. The lowest BCUT2D eigenvalue weighted by molar-refractivity contribution is -0.131. The third kappa shape index (κ3) is 5.34. The van der Waals surface area contributed by atoms with E-state index in [1.807, 2.05) is 30.3 Å². The van der Waals surface area contributed by atoms with Gasteiger partial charge in [0.05, 0.1) is 6.04 Å². The maximum atomic E-state index is 12.4. The molecule has 1 aromatic rings. The van der Waals surface area contributed by atoms with Crippen molar-refractivity contribution in [3.8, 4) is 0 Å². The summed E-state index contributed by atoms with van der Waals surface area (Å²) in [5.74, 6) is -0.200. The van der Waals surface area contributed by atoms with E-state index in [0.717, 1.165) is 31.2 Å². The Bertz CT molecular complexity index is 527. The number of carbonyl (C=O) groups excluding carboxylic acids is 2. The second-order valence-corrected chi connectivity index (χ2v) is 6.55. The van der Waals surface area contributed by atoms with Gasteiger partial charge in [-0.15, -0.1) is 0 Å². The van der Waals surface area contributed by atoms with Crippen molar-refractivity contribution in [2.24, 2.45) is 5.92 Å². The van der Waals surface area contributed by atoms with Crippen molar-refractivity contribution in [2.75, 3.05) is 6.61 Å². The summed E-state index contributed by atoms with van der Waals surface area (Å²) < 4.78 is 0. The van der Waals surface area contributed by atoms with Gasteiger partial charge < -0.3 is 15.7 Å². The van der Waals surface area contributed by atoms with Gasteiger partial charge >= 0.3 is 0 Å². The maximum absolute atomic E-state index is 12.4. The molecule has 2 rings (SSSR count). The lowest BCUT2D eigenvalue weighted by atomic mass is 9.88. The molecule has 5 nitrogen and oxygen atoms in total. The van der Waals surface area contributed by atoms with Gasteiger partial charge in [-0.05, 0) is 31.7 Å². The molecule has 1 fully saturated rings. The van der Waals surface area contributed by atoms with Gasteiger partial charge in [0, 0.05) is 12.5 Å². The van der Waals surface area contributed by atoms with Crippen LogP contribution in [0.25, 0.3) is 0 Å². The van der Waals surface area contributed by atoms with E-state index in [0.29, 0.717) is 6.42 Å². The van der Waals surface area contributed by atoms with Crippen molar-refractivity contribution < 1.29 is 14.7 Å². The molecule has 0 aromatic heterocycles. The van der Waals surface area contributed by atoms with E-state index >= 15 is 0 Å². The fraction of sp³-hybridized carbons (Fsp3) is 0.579. The monoisotopic (exact) mass is 332 g/mol. The Kier molecular flexibility index (Phi) is 7.25. The fourth-order valence-electron chi connectivity index (χ4n) is 3.19. The first-order valence-electron chi connectivity index (χ1n) is 8.88. The Morgan fingerprint density at radius 1 is 1.12 bits per heavy atom. The third-order valence-electron chi connectivity index (χ3n) is 4.66. The average molecular weight is 332 g/mol. The van der Waals surface area contributed by atoms with Crippen LogP contribution in [0.5, 0.6) is 0 Å². The molecule has 5 heteroatoms. The van der Waals surface area contributed by atoms with Crippen LogP contribution < -0.4 is 10.6 Å². The third-order valence-corrected chi connectivity index (χ3v) is 4.66. The Hall–Kier alpha value is -1.88. The Morgan fingerprint density at radius 2 is 1.79 bits per heavy atom. The number of benzene rings is 1. The highest BCUT2D eigenvalue weighted by molar-refractivity contribution is 5.88. The van der Waals surface area contributed by atoms with Crippen LogP contribution in [0.15, 0.2) is 30.3 Å². The number of amides is 2. The van der Waals surface area contributed by atoms with Gasteiger partial charge in [0.1, 0.15) is 6.04 Å². The lowest BCUT2D eigenvalue weighted by Crippen LogP contribution is -2.47. The minimum atomic E-state index is -0.579.